The molecule has 1 heterocycles. The van der Waals surface area contributed by atoms with Gasteiger partial charge in [0.05, 0.1) is 16.5 Å². The van der Waals surface area contributed by atoms with Gasteiger partial charge in [0.15, 0.2) is 0 Å². The summed E-state index contributed by atoms with van der Waals surface area (Å²) in [7, 11) is 0. The minimum Gasteiger partial charge on any atom is -0.454 e. The smallest absolute Gasteiger partial charge is 0.338 e. The summed E-state index contributed by atoms with van der Waals surface area (Å²) >= 11 is 0. The lowest BCUT2D eigenvalue weighted by Gasteiger charge is -2.07. The number of esters is 1. The lowest BCUT2D eigenvalue weighted by Crippen LogP contribution is -2.14. The number of aromatic amines is 1. The number of aryl methyl sites for hydroxylation is 2. The molecule has 3 aromatic rings. The summed E-state index contributed by atoms with van der Waals surface area (Å²) in [6.07, 6.45) is 0. The van der Waals surface area contributed by atoms with Gasteiger partial charge in [0, 0.05) is 0 Å². The van der Waals surface area contributed by atoms with Crippen LogP contribution in [-0.2, 0) is 11.3 Å². The molecule has 0 bridgehead atoms. The van der Waals surface area contributed by atoms with Gasteiger partial charge in [0.1, 0.15) is 12.4 Å². The van der Waals surface area contributed by atoms with E-state index >= 15 is 0 Å². The second-order valence-electron chi connectivity index (χ2n) is 5.48. The van der Waals surface area contributed by atoms with Crippen LogP contribution >= 0.6 is 0 Å². The molecule has 0 aliphatic rings. The van der Waals surface area contributed by atoms with Crippen molar-refractivity contribution in [3.8, 4) is 0 Å². The highest BCUT2D eigenvalue weighted by atomic mass is 16.5. The second kappa shape index (κ2) is 6.04. The molecule has 5 heteroatoms. The maximum Gasteiger partial charge on any atom is 0.338 e. The van der Waals surface area contributed by atoms with Crippen LogP contribution in [0.3, 0.4) is 0 Å². The highest BCUT2D eigenvalue weighted by Crippen LogP contribution is 2.11. The lowest BCUT2D eigenvalue weighted by molar-refractivity contribution is 0.0462. The molecule has 0 radical (unpaired) electrons. The highest BCUT2D eigenvalue weighted by Gasteiger charge is 2.10. The molecular formula is C18H16N2O3. The first-order valence-corrected chi connectivity index (χ1v) is 7.26. The van der Waals surface area contributed by atoms with Crippen molar-refractivity contribution < 1.29 is 9.53 Å². The maximum absolute atomic E-state index is 12.1. The van der Waals surface area contributed by atoms with E-state index in [0.29, 0.717) is 22.3 Å². The Balaban J connectivity index is 1.80. The molecule has 0 aliphatic heterocycles. The molecule has 1 N–H and O–H groups in total. The average molecular weight is 308 g/mol. The number of ether oxygens (including phenoxy) is 1. The number of aromatic nitrogens is 2. The summed E-state index contributed by atoms with van der Waals surface area (Å²) in [5, 5.41) is 0.511. The number of benzene rings is 2. The zero-order valence-corrected chi connectivity index (χ0v) is 12.9. The summed E-state index contributed by atoms with van der Waals surface area (Å²) in [5.74, 6) is -0.112. The van der Waals surface area contributed by atoms with Crippen molar-refractivity contribution >= 4 is 16.9 Å². The van der Waals surface area contributed by atoms with E-state index in [0.717, 1.165) is 11.1 Å². The predicted molar refractivity (Wildman–Crippen MR) is 87.4 cm³/mol. The molecule has 0 aliphatic carbocycles. The molecule has 0 fully saturated rings. The number of fused-ring (bicyclic) bond motifs is 1. The Morgan fingerprint density at radius 3 is 2.57 bits per heavy atom. The number of carbonyl (C=O) groups excluding carboxylic acids is 1. The van der Waals surface area contributed by atoms with Crippen LogP contribution in [0.25, 0.3) is 10.9 Å². The molecule has 23 heavy (non-hydrogen) atoms. The fraction of sp³-hybridized carbons (Fsp3) is 0.167. The van der Waals surface area contributed by atoms with Crippen LogP contribution < -0.4 is 5.56 Å². The van der Waals surface area contributed by atoms with Crippen molar-refractivity contribution in [2.45, 2.75) is 20.5 Å². The molecule has 0 saturated heterocycles. The average Bonchev–Trinajstić information content (AvgIpc) is 2.52. The Hall–Kier alpha value is -2.95. The number of H-pyrrole nitrogens is 1. The summed E-state index contributed by atoms with van der Waals surface area (Å²) in [5.41, 5.74) is 2.82. The first kappa shape index (κ1) is 15.0. The molecule has 2 aromatic carbocycles. The Morgan fingerprint density at radius 1 is 1.13 bits per heavy atom. The van der Waals surface area contributed by atoms with E-state index in [9.17, 15) is 9.59 Å². The molecule has 0 spiro atoms. The quantitative estimate of drug-likeness (QED) is 0.755. The van der Waals surface area contributed by atoms with Gasteiger partial charge in [0.25, 0.3) is 5.56 Å². The van der Waals surface area contributed by atoms with E-state index in [1.54, 1.807) is 36.4 Å². The summed E-state index contributed by atoms with van der Waals surface area (Å²) in [6, 6.07) is 12.6. The molecule has 116 valence electrons. The van der Waals surface area contributed by atoms with Gasteiger partial charge in [-0.2, -0.15) is 0 Å². The van der Waals surface area contributed by atoms with Gasteiger partial charge in [-0.25, -0.2) is 9.78 Å². The molecule has 3 rings (SSSR count). The van der Waals surface area contributed by atoms with Gasteiger partial charge in [-0.15, -0.1) is 0 Å². The third kappa shape index (κ3) is 3.29. The second-order valence-corrected chi connectivity index (χ2v) is 5.48. The van der Waals surface area contributed by atoms with Crippen LogP contribution in [0.1, 0.15) is 27.3 Å². The number of hydrogen-bond donors (Lipinski definition) is 1. The van der Waals surface area contributed by atoms with E-state index in [2.05, 4.69) is 9.97 Å². The van der Waals surface area contributed by atoms with Crippen molar-refractivity contribution in [2.75, 3.05) is 0 Å². The van der Waals surface area contributed by atoms with E-state index in [-0.39, 0.29) is 12.2 Å². The summed E-state index contributed by atoms with van der Waals surface area (Å²) in [6.45, 7) is 3.77. The van der Waals surface area contributed by atoms with Gasteiger partial charge in [-0.1, -0.05) is 29.3 Å². The fourth-order valence-electron chi connectivity index (χ4n) is 2.51. The molecule has 1 aromatic heterocycles. The van der Waals surface area contributed by atoms with Crippen LogP contribution in [0.4, 0.5) is 0 Å². The zero-order valence-electron chi connectivity index (χ0n) is 12.9. The van der Waals surface area contributed by atoms with Crippen molar-refractivity contribution in [2.24, 2.45) is 0 Å². The number of nitrogens with one attached hydrogen (secondary N) is 1. The number of nitrogens with zero attached hydrogens (tertiary/aromatic N) is 1. The topological polar surface area (TPSA) is 72.0 Å². The number of rotatable bonds is 3. The first-order chi connectivity index (χ1) is 11.0. The fourth-order valence-corrected chi connectivity index (χ4v) is 2.51. The third-order valence-corrected chi connectivity index (χ3v) is 3.46. The standard InChI is InChI=1S/C18H16N2O3/c1-11-7-12(2)9-13(8-11)18(22)23-10-16-19-15-6-4-3-5-14(15)17(21)20-16/h3-9H,10H2,1-2H3,(H,19,20,21). The zero-order chi connectivity index (χ0) is 16.4. The van der Waals surface area contributed by atoms with Crippen molar-refractivity contribution in [1.29, 1.82) is 0 Å². The number of carbonyl (C=O) groups is 1. The van der Waals surface area contributed by atoms with Gasteiger partial charge < -0.3 is 9.72 Å². The highest BCUT2D eigenvalue weighted by molar-refractivity contribution is 5.89. The predicted octanol–water partition coefficient (Wildman–Crippen LogP) is 2.90. The van der Waals surface area contributed by atoms with Crippen molar-refractivity contribution in [1.82, 2.24) is 9.97 Å². The molecule has 0 unspecified atom stereocenters. The van der Waals surface area contributed by atoms with E-state index in [1.807, 2.05) is 19.9 Å². The van der Waals surface area contributed by atoms with Crippen molar-refractivity contribution in [3.05, 3.63) is 75.3 Å². The molecule has 0 saturated carbocycles. The van der Waals surface area contributed by atoms with Crippen LogP contribution in [0.2, 0.25) is 0 Å². The maximum atomic E-state index is 12.1. The first-order valence-electron chi connectivity index (χ1n) is 7.26. The van der Waals surface area contributed by atoms with Gasteiger partial charge >= 0.3 is 5.97 Å². The van der Waals surface area contributed by atoms with Gasteiger partial charge in [-0.3, -0.25) is 4.79 Å². The van der Waals surface area contributed by atoms with Crippen molar-refractivity contribution in [3.63, 3.8) is 0 Å². The normalized spacial score (nSPS) is 10.7. The Bertz CT molecular complexity index is 924. The van der Waals surface area contributed by atoms with Crippen LogP contribution in [0.5, 0.6) is 0 Å². The van der Waals surface area contributed by atoms with Crippen LogP contribution in [0.15, 0.2) is 47.3 Å². The van der Waals surface area contributed by atoms with Gasteiger partial charge in [-0.05, 0) is 38.1 Å². The minimum atomic E-state index is -0.437. The Morgan fingerprint density at radius 2 is 1.83 bits per heavy atom. The minimum absolute atomic E-state index is 0.0775. The molecular weight excluding hydrogens is 292 g/mol. The molecule has 0 atom stereocenters. The monoisotopic (exact) mass is 308 g/mol. The largest absolute Gasteiger partial charge is 0.454 e. The summed E-state index contributed by atoms with van der Waals surface area (Å²) < 4.78 is 5.26. The Kier molecular flexibility index (Phi) is 3.93. The molecule has 0 amide bonds. The number of para-hydroxylation sites is 1. The SMILES string of the molecule is Cc1cc(C)cc(C(=O)OCc2nc3ccccc3c(=O)[nH]2)c1. The van der Waals surface area contributed by atoms with E-state index < -0.39 is 5.97 Å². The van der Waals surface area contributed by atoms with E-state index in [1.165, 1.54) is 0 Å². The molecule has 5 nitrogen and oxygen atoms in total. The Labute approximate surface area is 133 Å². The number of hydrogen-bond acceptors (Lipinski definition) is 4. The van der Waals surface area contributed by atoms with Gasteiger partial charge in [0.2, 0.25) is 0 Å². The summed E-state index contributed by atoms with van der Waals surface area (Å²) in [4.78, 5) is 31.0. The van der Waals surface area contributed by atoms with E-state index in [4.69, 9.17) is 4.74 Å². The van der Waals surface area contributed by atoms with Crippen LogP contribution in [0, 0.1) is 13.8 Å². The van der Waals surface area contributed by atoms with Crippen LogP contribution in [-0.4, -0.2) is 15.9 Å². The third-order valence-electron chi connectivity index (χ3n) is 3.46. The lowest BCUT2D eigenvalue weighted by atomic mass is 10.1.